The van der Waals surface area contributed by atoms with E-state index in [9.17, 15) is 4.79 Å². The van der Waals surface area contributed by atoms with E-state index in [2.05, 4.69) is 32.2 Å². The fraction of sp³-hybridized carbons (Fsp3) is 0.353. The van der Waals surface area contributed by atoms with Crippen molar-refractivity contribution in [2.45, 2.75) is 33.6 Å². The third kappa shape index (κ3) is 4.08. The average molecular weight is 374 g/mol. The van der Waals surface area contributed by atoms with Crippen molar-refractivity contribution in [2.75, 3.05) is 6.54 Å². The van der Waals surface area contributed by atoms with Crippen LogP contribution in [0.25, 0.3) is 10.8 Å². The number of nitrogens with zero attached hydrogens (tertiary/aromatic N) is 4. The molecule has 6 nitrogen and oxygen atoms in total. The van der Waals surface area contributed by atoms with Gasteiger partial charge in [-0.3, -0.25) is 4.79 Å². The number of nitrogens with one attached hydrogen (secondary N) is 1. The van der Waals surface area contributed by atoms with Crippen LogP contribution in [0.15, 0.2) is 18.5 Å². The van der Waals surface area contributed by atoms with E-state index in [0.29, 0.717) is 28.7 Å². The molecule has 8 heteroatoms. The molecule has 0 fully saturated rings. The molecule has 0 aliphatic carbocycles. The number of carbonyl (C=O) groups excluding carboxylic acids is 1. The summed E-state index contributed by atoms with van der Waals surface area (Å²) in [6, 6.07) is 1.76. The monoisotopic (exact) mass is 373 g/mol. The zero-order valence-electron chi connectivity index (χ0n) is 14.4. The minimum Gasteiger partial charge on any atom is -0.351 e. The predicted octanol–water partition coefficient (Wildman–Crippen LogP) is 3.21. The van der Waals surface area contributed by atoms with Crippen LogP contribution in [0.5, 0.6) is 0 Å². The lowest BCUT2D eigenvalue weighted by atomic mass is 10.3. The Morgan fingerprint density at radius 1 is 1.16 bits per heavy atom. The van der Waals surface area contributed by atoms with Crippen molar-refractivity contribution in [1.29, 1.82) is 0 Å². The second-order valence-electron chi connectivity index (χ2n) is 5.48. The van der Waals surface area contributed by atoms with Gasteiger partial charge in [-0.1, -0.05) is 6.92 Å². The van der Waals surface area contributed by atoms with E-state index in [4.69, 9.17) is 0 Å². The van der Waals surface area contributed by atoms with Crippen molar-refractivity contribution in [3.05, 3.63) is 44.6 Å². The number of hydrogen-bond acceptors (Lipinski definition) is 7. The fourth-order valence-electron chi connectivity index (χ4n) is 2.28. The predicted molar refractivity (Wildman–Crippen MR) is 100 cm³/mol. The summed E-state index contributed by atoms with van der Waals surface area (Å²) >= 11 is 3.02. The van der Waals surface area contributed by atoms with Gasteiger partial charge in [-0.25, -0.2) is 19.9 Å². The highest BCUT2D eigenvalue weighted by atomic mass is 32.1. The largest absolute Gasteiger partial charge is 0.351 e. The number of amides is 1. The maximum absolute atomic E-state index is 12.5. The number of hydrogen-bond donors (Lipinski definition) is 1. The molecule has 25 heavy (non-hydrogen) atoms. The van der Waals surface area contributed by atoms with Gasteiger partial charge in [0.1, 0.15) is 4.88 Å². The molecule has 0 unspecified atom stereocenters. The summed E-state index contributed by atoms with van der Waals surface area (Å²) in [6.45, 7) is 6.62. The SMILES string of the molecule is CCc1nc(-c2ncccn2)sc1C(=O)NCCc1nc(C)c(C)s1. The smallest absolute Gasteiger partial charge is 0.263 e. The zero-order chi connectivity index (χ0) is 17.8. The molecule has 130 valence electrons. The molecule has 0 atom stereocenters. The van der Waals surface area contributed by atoms with Crippen LogP contribution in [0.1, 0.15) is 37.9 Å². The van der Waals surface area contributed by atoms with Crippen molar-refractivity contribution in [3.63, 3.8) is 0 Å². The molecular formula is C17H19N5OS2. The molecule has 0 aliphatic rings. The van der Waals surface area contributed by atoms with Crippen LogP contribution in [0.3, 0.4) is 0 Å². The Bertz CT molecular complexity index is 853. The Kier molecular flexibility index (Phi) is 5.50. The standard InChI is InChI=1S/C17H19N5OS2/c1-4-12-14(25-17(22-12)15-18-7-5-8-19-15)16(23)20-9-6-13-21-10(2)11(3)24-13/h5,7-8H,4,6,9H2,1-3H3,(H,20,23). The number of thiazole rings is 2. The average Bonchev–Trinajstić information content (AvgIpc) is 3.19. The van der Waals surface area contributed by atoms with Gasteiger partial charge in [-0.15, -0.1) is 22.7 Å². The van der Waals surface area contributed by atoms with Crippen LogP contribution >= 0.6 is 22.7 Å². The van der Waals surface area contributed by atoms with E-state index in [1.54, 1.807) is 29.8 Å². The van der Waals surface area contributed by atoms with Crippen LogP contribution in [0.2, 0.25) is 0 Å². The van der Waals surface area contributed by atoms with Crippen molar-refractivity contribution < 1.29 is 4.79 Å². The topological polar surface area (TPSA) is 80.7 Å². The molecule has 0 aromatic carbocycles. The summed E-state index contributed by atoms with van der Waals surface area (Å²) < 4.78 is 0. The third-order valence-electron chi connectivity index (χ3n) is 3.69. The van der Waals surface area contributed by atoms with Crippen LogP contribution in [0.4, 0.5) is 0 Å². The van der Waals surface area contributed by atoms with Crippen LogP contribution in [-0.4, -0.2) is 32.4 Å². The maximum Gasteiger partial charge on any atom is 0.263 e. The van der Waals surface area contributed by atoms with E-state index in [0.717, 1.165) is 22.8 Å². The quantitative estimate of drug-likeness (QED) is 0.717. The molecule has 3 heterocycles. The summed E-state index contributed by atoms with van der Waals surface area (Å²) in [5, 5.41) is 4.70. The minimum absolute atomic E-state index is 0.0958. The molecule has 0 saturated heterocycles. The van der Waals surface area contributed by atoms with Crippen molar-refractivity contribution in [2.24, 2.45) is 0 Å². The van der Waals surface area contributed by atoms with E-state index in [1.165, 1.54) is 16.2 Å². The van der Waals surface area contributed by atoms with E-state index < -0.39 is 0 Å². The van der Waals surface area contributed by atoms with Gasteiger partial charge in [0, 0.05) is 30.2 Å². The van der Waals surface area contributed by atoms with Crippen molar-refractivity contribution in [3.8, 4) is 10.8 Å². The number of carbonyl (C=O) groups is 1. The van der Waals surface area contributed by atoms with Crippen molar-refractivity contribution in [1.82, 2.24) is 25.3 Å². The first-order valence-electron chi connectivity index (χ1n) is 8.06. The highest BCUT2D eigenvalue weighted by molar-refractivity contribution is 7.17. The van der Waals surface area contributed by atoms with Gasteiger partial charge in [0.2, 0.25) is 0 Å². The molecule has 1 N–H and O–H groups in total. The molecule has 1 amide bonds. The molecular weight excluding hydrogens is 354 g/mol. The lowest BCUT2D eigenvalue weighted by Gasteiger charge is -2.03. The van der Waals surface area contributed by atoms with E-state index in [1.807, 2.05) is 13.8 Å². The first kappa shape index (κ1) is 17.6. The van der Waals surface area contributed by atoms with Crippen LogP contribution in [0, 0.1) is 13.8 Å². The molecule has 0 radical (unpaired) electrons. The van der Waals surface area contributed by atoms with Crippen LogP contribution < -0.4 is 5.32 Å². The number of aromatic nitrogens is 4. The normalized spacial score (nSPS) is 10.8. The van der Waals surface area contributed by atoms with Crippen molar-refractivity contribution >= 4 is 28.6 Å². The lowest BCUT2D eigenvalue weighted by Crippen LogP contribution is -2.25. The van der Waals surface area contributed by atoms with E-state index >= 15 is 0 Å². The highest BCUT2D eigenvalue weighted by Gasteiger charge is 2.18. The first-order valence-corrected chi connectivity index (χ1v) is 9.70. The van der Waals surface area contributed by atoms with Gasteiger partial charge < -0.3 is 5.32 Å². The Morgan fingerprint density at radius 2 is 1.92 bits per heavy atom. The summed E-state index contributed by atoms with van der Waals surface area (Å²) in [5.74, 6) is 0.455. The second kappa shape index (κ2) is 7.79. The first-order chi connectivity index (χ1) is 12.1. The summed E-state index contributed by atoms with van der Waals surface area (Å²) in [4.78, 5) is 31.8. The molecule has 0 bridgehead atoms. The van der Waals surface area contributed by atoms with E-state index in [-0.39, 0.29) is 5.91 Å². The molecule has 0 aliphatic heterocycles. The number of rotatable bonds is 6. The summed E-state index contributed by atoms with van der Waals surface area (Å²) in [7, 11) is 0. The molecule has 3 aromatic heterocycles. The van der Waals surface area contributed by atoms with Gasteiger partial charge >= 0.3 is 0 Å². The Morgan fingerprint density at radius 3 is 2.56 bits per heavy atom. The lowest BCUT2D eigenvalue weighted by molar-refractivity contribution is 0.0957. The molecule has 3 rings (SSSR count). The molecule has 0 spiro atoms. The second-order valence-corrected chi connectivity index (χ2v) is 7.76. The Labute approximate surface area is 154 Å². The molecule has 3 aromatic rings. The van der Waals surface area contributed by atoms with Gasteiger partial charge in [-0.05, 0) is 26.3 Å². The Balaban J connectivity index is 1.68. The maximum atomic E-state index is 12.5. The zero-order valence-corrected chi connectivity index (χ0v) is 16.0. The summed E-state index contributed by atoms with van der Waals surface area (Å²) in [5.41, 5.74) is 1.85. The van der Waals surface area contributed by atoms with Crippen LogP contribution in [-0.2, 0) is 12.8 Å². The third-order valence-corrected chi connectivity index (χ3v) is 5.92. The highest BCUT2D eigenvalue weighted by Crippen LogP contribution is 2.26. The van der Waals surface area contributed by atoms with Gasteiger partial charge in [0.15, 0.2) is 10.8 Å². The van der Waals surface area contributed by atoms with Gasteiger partial charge in [-0.2, -0.15) is 0 Å². The Hall–Kier alpha value is -2.19. The molecule has 0 saturated carbocycles. The fourth-order valence-corrected chi connectivity index (χ4v) is 4.24. The van der Waals surface area contributed by atoms with Gasteiger partial charge in [0.05, 0.1) is 16.4 Å². The van der Waals surface area contributed by atoms with Gasteiger partial charge in [0.25, 0.3) is 5.91 Å². The number of aryl methyl sites for hydroxylation is 3. The minimum atomic E-state index is -0.0958. The summed E-state index contributed by atoms with van der Waals surface area (Å²) in [6.07, 6.45) is 4.77.